The Balaban J connectivity index is 1.45. The van der Waals surface area contributed by atoms with Gasteiger partial charge in [-0.3, -0.25) is 24.2 Å². The van der Waals surface area contributed by atoms with Crippen LogP contribution in [-0.2, 0) is 14.4 Å². The lowest BCUT2D eigenvalue weighted by Crippen LogP contribution is -2.44. The molecule has 2 bridgehead atoms. The van der Waals surface area contributed by atoms with Crippen molar-refractivity contribution in [2.24, 2.45) is 35.5 Å². The first-order valence-corrected chi connectivity index (χ1v) is 9.42. The van der Waals surface area contributed by atoms with Gasteiger partial charge in [0.05, 0.1) is 11.8 Å². The topological polar surface area (TPSA) is 57.7 Å². The summed E-state index contributed by atoms with van der Waals surface area (Å²) in [5.41, 5.74) is 0.587. The van der Waals surface area contributed by atoms with Crippen LogP contribution in [0.2, 0.25) is 5.02 Å². The van der Waals surface area contributed by atoms with Crippen LogP contribution in [-0.4, -0.2) is 29.3 Å². The number of benzene rings is 1. The zero-order valence-corrected chi connectivity index (χ0v) is 15.1. The maximum absolute atomic E-state index is 13.1. The minimum absolute atomic E-state index is 0.0465. The number of anilines is 1. The Morgan fingerprint density at radius 3 is 2.31 bits per heavy atom. The summed E-state index contributed by atoms with van der Waals surface area (Å²) in [5, 5.41) is 0.504. The molecule has 3 fully saturated rings. The summed E-state index contributed by atoms with van der Waals surface area (Å²) in [5.74, 6) is 0.549. The fourth-order valence-corrected chi connectivity index (χ4v) is 5.49. The zero-order chi connectivity index (χ0) is 18.2. The molecule has 1 saturated heterocycles. The number of allylic oxidation sites excluding steroid dienone is 2. The molecule has 0 aromatic heterocycles. The number of amides is 3. The Morgan fingerprint density at radius 2 is 1.77 bits per heavy atom. The first-order valence-electron chi connectivity index (χ1n) is 9.04. The molecule has 2 saturated carbocycles. The van der Waals surface area contributed by atoms with E-state index >= 15 is 0 Å². The predicted octanol–water partition coefficient (Wildman–Crippen LogP) is 2.70. The van der Waals surface area contributed by atoms with E-state index in [4.69, 9.17) is 11.6 Å². The van der Waals surface area contributed by atoms with E-state index in [9.17, 15) is 14.4 Å². The molecule has 6 rings (SSSR count). The van der Waals surface area contributed by atoms with E-state index in [1.165, 1.54) is 16.7 Å². The number of carbonyl (C=O) groups excluding carboxylic acids is 3. The van der Waals surface area contributed by atoms with Crippen LogP contribution in [0.25, 0.3) is 0 Å². The number of imide groups is 1. The molecule has 1 aromatic rings. The van der Waals surface area contributed by atoms with E-state index in [1.54, 1.807) is 24.3 Å². The molecule has 5 nitrogen and oxygen atoms in total. The fraction of sp³-hybridized carbons (Fsp3) is 0.450. The Labute approximate surface area is 156 Å². The lowest BCUT2D eigenvalue weighted by molar-refractivity contribution is -0.140. The van der Waals surface area contributed by atoms with E-state index in [0.29, 0.717) is 22.5 Å². The highest BCUT2D eigenvalue weighted by atomic mass is 35.5. The van der Waals surface area contributed by atoms with Crippen LogP contribution < -0.4 is 4.90 Å². The zero-order valence-electron chi connectivity index (χ0n) is 14.3. The SMILES string of the molecule is CC(=O)N(CN1C(=O)[C@H]2[C@@H]3C=C[C@H]([C@@H]4C[C@H]34)[C@@H]2C1=O)c1cccc(Cl)c1. The van der Waals surface area contributed by atoms with E-state index in [2.05, 4.69) is 12.2 Å². The average Bonchev–Trinajstić information content (AvgIpc) is 3.39. The molecule has 0 radical (unpaired) electrons. The molecular formula is C20H19ClN2O3. The molecule has 26 heavy (non-hydrogen) atoms. The van der Waals surface area contributed by atoms with Crippen molar-refractivity contribution in [3.8, 4) is 0 Å². The molecule has 1 aliphatic heterocycles. The summed E-state index contributed by atoms with van der Waals surface area (Å²) in [4.78, 5) is 41.1. The molecule has 6 heteroatoms. The van der Waals surface area contributed by atoms with Crippen molar-refractivity contribution in [1.82, 2.24) is 4.90 Å². The third-order valence-electron chi connectivity index (χ3n) is 6.54. The third kappa shape index (κ3) is 2.13. The lowest BCUT2D eigenvalue weighted by Gasteiger charge is -2.37. The van der Waals surface area contributed by atoms with Gasteiger partial charge in [0, 0.05) is 17.6 Å². The Kier molecular flexibility index (Phi) is 3.35. The molecule has 0 spiro atoms. The molecule has 1 heterocycles. The maximum atomic E-state index is 13.1. The Hall–Kier alpha value is -2.14. The van der Waals surface area contributed by atoms with Gasteiger partial charge in [-0.15, -0.1) is 0 Å². The van der Waals surface area contributed by atoms with Crippen LogP contribution in [0.4, 0.5) is 5.69 Å². The third-order valence-corrected chi connectivity index (χ3v) is 6.77. The van der Waals surface area contributed by atoms with Gasteiger partial charge < -0.3 is 0 Å². The van der Waals surface area contributed by atoms with Gasteiger partial charge in [0.1, 0.15) is 6.67 Å². The quantitative estimate of drug-likeness (QED) is 0.607. The summed E-state index contributed by atoms with van der Waals surface area (Å²) in [6, 6.07) is 6.89. The van der Waals surface area contributed by atoms with Crippen molar-refractivity contribution in [3.63, 3.8) is 0 Å². The van der Waals surface area contributed by atoms with Crippen molar-refractivity contribution in [1.29, 1.82) is 0 Å². The Morgan fingerprint density at radius 1 is 1.15 bits per heavy atom. The standard InChI is InChI=1S/C20H19ClN2O3/c1-10(24)22(12-4-2-3-11(21)7-12)9-23-19(25)17-13-5-6-14(16-8-15(13)16)18(17)20(23)26/h2-7,13-18H,8-9H2,1H3/t13-,14-,15-,16+,17+,18+/m1/s1. The summed E-state index contributed by atoms with van der Waals surface area (Å²) in [6.45, 7) is 1.38. The number of carbonyl (C=O) groups is 3. The normalized spacial score (nSPS) is 36.2. The molecular weight excluding hydrogens is 352 g/mol. The molecule has 5 aliphatic rings. The van der Waals surface area contributed by atoms with Crippen molar-refractivity contribution >= 4 is 35.0 Å². The van der Waals surface area contributed by atoms with E-state index in [0.717, 1.165) is 6.42 Å². The van der Waals surface area contributed by atoms with Gasteiger partial charge in [-0.25, -0.2) is 0 Å². The molecule has 0 unspecified atom stereocenters. The molecule has 4 aliphatic carbocycles. The van der Waals surface area contributed by atoms with Gasteiger partial charge in [0.25, 0.3) is 0 Å². The van der Waals surface area contributed by atoms with Crippen LogP contribution in [0.1, 0.15) is 13.3 Å². The molecule has 0 N–H and O–H groups in total. The minimum Gasteiger partial charge on any atom is -0.294 e. The molecule has 1 aromatic carbocycles. The predicted molar refractivity (Wildman–Crippen MR) is 96.0 cm³/mol. The second-order valence-corrected chi connectivity index (χ2v) is 8.26. The number of likely N-dealkylation sites (tertiary alicyclic amines) is 1. The number of nitrogens with zero attached hydrogens (tertiary/aromatic N) is 2. The van der Waals surface area contributed by atoms with Crippen LogP contribution in [0, 0.1) is 35.5 Å². The van der Waals surface area contributed by atoms with Crippen LogP contribution >= 0.6 is 11.6 Å². The van der Waals surface area contributed by atoms with E-state index in [1.807, 2.05) is 0 Å². The van der Waals surface area contributed by atoms with Crippen LogP contribution in [0.15, 0.2) is 36.4 Å². The van der Waals surface area contributed by atoms with Crippen molar-refractivity contribution in [3.05, 3.63) is 41.4 Å². The van der Waals surface area contributed by atoms with Gasteiger partial charge in [-0.1, -0.05) is 29.8 Å². The number of hydrogen-bond donors (Lipinski definition) is 0. The molecule has 3 amide bonds. The van der Waals surface area contributed by atoms with Crippen LogP contribution in [0.5, 0.6) is 0 Å². The highest BCUT2D eigenvalue weighted by molar-refractivity contribution is 6.30. The monoisotopic (exact) mass is 370 g/mol. The van der Waals surface area contributed by atoms with Crippen molar-refractivity contribution < 1.29 is 14.4 Å². The van der Waals surface area contributed by atoms with Gasteiger partial charge in [0.2, 0.25) is 17.7 Å². The van der Waals surface area contributed by atoms with Crippen LogP contribution in [0.3, 0.4) is 0 Å². The summed E-state index contributed by atoms with van der Waals surface area (Å²) < 4.78 is 0. The summed E-state index contributed by atoms with van der Waals surface area (Å²) >= 11 is 6.04. The average molecular weight is 371 g/mol. The van der Waals surface area contributed by atoms with Gasteiger partial charge >= 0.3 is 0 Å². The van der Waals surface area contributed by atoms with E-state index in [-0.39, 0.29) is 48.1 Å². The largest absolute Gasteiger partial charge is 0.294 e. The Bertz CT molecular complexity index is 830. The maximum Gasteiger partial charge on any atom is 0.235 e. The number of hydrogen-bond acceptors (Lipinski definition) is 3. The van der Waals surface area contributed by atoms with Gasteiger partial charge in [-0.2, -0.15) is 0 Å². The lowest BCUT2D eigenvalue weighted by atomic mass is 9.63. The second kappa shape index (κ2) is 5.43. The summed E-state index contributed by atoms with van der Waals surface area (Å²) in [6.07, 6.45) is 5.43. The molecule has 6 atom stereocenters. The van der Waals surface area contributed by atoms with Crippen molar-refractivity contribution in [2.45, 2.75) is 13.3 Å². The van der Waals surface area contributed by atoms with E-state index < -0.39 is 0 Å². The first kappa shape index (κ1) is 16.1. The fourth-order valence-electron chi connectivity index (χ4n) is 5.31. The summed E-state index contributed by atoms with van der Waals surface area (Å²) in [7, 11) is 0. The highest BCUT2D eigenvalue weighted by Crippen LogP contribution is 2.65. The molecule has 134 valence electrons. The first-order chi connectivity index (χ1) is 12.5. The minimum atomic E-state index is -0.241. The van der Waals surface area contributed by atoms with Gasteiger partial charge in [0.15, 0.2) is 0 Å². The second-order valence-electron chi connectivity index (χ2n) is 7.83. The van der Waals surface area contributed by atoms with Crippen molar-refractivity contribution in [2.75, 3.05) is 11.6 Å². The number of halogens is 1. The smallest absolute Gasteiger partial charge is 0.235 e. The van der Waals surface area contributed by atoms with Gasteiger partial charge in [-0.05, 0) is 48.3 Å². The highest BCUT2D eigenvalue weighted by Gasteiger charge is 2.67. The number of rotatable bonds is 3.